The van der Waals surface area contributed by atoms with Crippen molar-refractivity contribution in [3.63, 3.8) is 0 Å². The van der Waals surface area contributed by atoms with Crippen molar-refractivity contribution < 1.29 is 9.53 Å². The van der Waals surface area contributed by atoms with Gasteiger partial charge < -0.3 is 9.64 Å². The van der Waals surface area contributed by atoms with Crippen LogP contribution in [0.3, 0.4) is 0 Å². The van der Waals surface area contributed by atoms with Gasteiger partial charge in [-0.15, -0.1) is 0 Å². The fourth-order valence-corrected chi connectivity index (χ4v) is 1.70. The van der Waals surface area contributed by atoms with Gasteiger partial charge in [0.25, 0.3) is 0 Å². The molecule has 0 aliphatic heterocycles. The van der Waals surface area contributed by atoms with Crippen molar-refractivity contribution in [2.45, 2.75) is 20.3 Å². The van der Waals surface area contributed by atoms with E-state index in [1.165, 1.54) is 0 Å². The number of rotatable bonds is 7. The van der Waals surface area contributed by atoms with Crippen LogP contribution in [0.5, 0.6) is 0 Å². The monoisotopic (exact) mass is 235 g/mol. The predicted octanol–water partition coefficient (Wildman–Crippen LogP) is 2.75. The summed E-state index contributed by atoms with van der Waals surface area (Å²) < 4.78 is 5.33. The number of anilines is 1. The number of benzene rings is 1. The molecule has 0 saturated heterocycles. The van der Waals surface area contributed by atoms with E-state index in [-0.39, 0.29) is 5.78 Å². The van der Waals surface area contributed by atoms with Crippen LogP contribution in [0.2, 0.25) is 0 Å². The standard InChI is InChI=1S/C14H21NO2/c1-4-14(16)12-8-6-7-9-13(12)15(3)10-11-17-5-2/h6-9H,4-5,10-11H2,1-3H3. The zero-order valence-electron chi connectivity index (χ0n) is 10.9. The summed E-state index contributed by atoms with van der Waals surface area (Å²) in [6.07, 6.45) is 0.538. The maximum absolute atomic E-state index is 11.8. The highest BCUT2D eigenvalue weighted by atomic mass is 16.5. The lowest BCUT2D eigenvalue weighted by Gasteiger charge is -2.21. The summed E-state index contributed by atoms with van der Waals surface area (Å²) in [6, 6.07) is 7.73. The normalized spacial score (nSPS) is 10.3. The van der Waals surface area contributed by atoms with Gasteiger partial charge in [0.15, 0.2) is 5.78 Å². The van der Waals surface area contributed by atoms with Gasteiger partial charge in [0.05, 0.1) is 6.61 Å². The zero-order valence-corrected chi connectivity index (χ0v) is 10.9. The number of hydrogen-bond donors (Lipinski definition) is 0. The molecule has 3 heteroatoms. The molecule has 0 atom stereocenters. The summed E-state index contributed by atoms with van der Waals surface area (Å²) in [5.41, 5.74) is 1.79. The second kappa shape index (κ2) is 7.07. The number of hydrogen-bond acceptors (Lipinski definition) is 3. The molecule has 94 valence electrons. The van der Waals surface area contributed by atoms with Crippen LogP contribution in [0.4, 0.5) is 5.69 Å². The number of nitrogens with zero attached hydrogens (tertiary/aromatic N) is 1. The van der Waals surface area contributed by atoms with E-state index in [4.69, 9.17) is 4.74 Å². The number of para-hydroxylation sites is 1. The SMILES string of the molecule is CCOCCN(C)c1ccccc1C(=O)CC. The Bertz CT molecular complexity index is 363. The number of Topliss-reactive ketones (excluding diaryl/α,β-unsaturated/α-hetero) is 1. The molecule has 3 nitrogen and oxygen atoms in total. The van der Waals surface area contributed by atoms with Gasteiger partial charge in [-0.2, -0.15) is 0 Å². The van der Waals surface area contributed by atoms with Gasteiger partial charge in [0, 0.05) is 37.9 Å². The van der Waals surface area contributed by atoms with Crippen LogP contribution in [0, 0.1) is 0 Å². The Morgan fingerprint density at radius 3 is 2.65 bits per heavy atom. The van der Waals surface area contributed by atoms with Crippen molar-refractivity contribution in [1.82, 2.24) is 0 Å². The molecule has 1 rings (SSSR count). The highest BCUT2D eigenvalue weighted by Crippen LogP contribution is 2.20. The van der Waals surface area contributed by atoms with E-state index in [1.54, 1.807) is 0 Å². The predicted molar refractivity (Wildman–Crippen MR) is 70.8 cm³/mol. The second-order valence-electron chi connectivity index (χ2n) is 3.91. The molecule has 0 unspecified atom stereocenters. The molecule has 0 fully saturated rings. The average molecular weight is 235 g/mol. The first-order chi connectivity index (χ1) is 8.20. The lowest BCUT2D eigenvalue weighted by Crippen LogP contribution is -2.24. The maximum Gasteiger partial charge on any atom is 0.164 e. The van der Waals surface area contributed by atoms with Gasteiger partial charge in [-0.05, 0) is 19.1 Å². The number of carbonyl (C=O) groups excluding carboxylic acids is 1. The molecular weight excluding hydrogens is 214 g/mol. The van der Waals surface area contributed by atoms with E-state index in [0.717, 1.165) is 24.4 Å². The Hall–Kier alpha value is -1.35. The molecule has 0 bridgehead atoms. The molecule has 1 aromatic carbocycles. The third-order valence-corrected chi connectivity index (χ3v) is 2.71. The smallest absolute Gasteiger partial charge is 0.164 e. The first-order valence-corrected chi connectivity index (χ1v) is 6.11. The van der Waals surface area contributed by atoms with Gasteiger partial charge in [0.2, 0.25) is 0 Å². The first kappa shape index (κ1) is 13.7. The zero-order chi connectivity index (χ0) is 12.7. The third-order valence-electron chi connectivity index (χ3n) is 2.71. The molecule has 0 spiro atoms. The topological polar surface area (TPSA) is 29.5 Å². The van der Waals surface area contributed by atoms with E-state index in [1.807, 2.05) is 45.2 Å². The Morgan fingerprint density at radius 2 is 2.00 bits per heavy atom. The molecule has 0 aromatic heterocycles. The van der Waals surface area contributed by atoms with Crippen LogP contribution in [-0.4, -0.2) is 32.6 Å². The quantitative estimate of drug-likeness (QED) is 0.537. The van der Waals surface area contributed by atoms with Crippen LogP contribution in [0.1, 0.15) is 30.6 Å². The summed E-state index contributed by atoms with van der Waals surface area (Å²) in [4.78, 5) is 13.9. The van der Waals surface area contributed by atoms with Crippen molar-refractivity contribution in [2.24, 2.45) is 0 Å². The van der Waals surface area contributed by atoms with Crippen molar-refractivity contribution in [2.75, 3.05) is 31.7 Å². The number of likely N-dealkylation sites (N-methyl/N-ethyl adjacent to an activating group) is 1. The summed E-state index contributed by atoms with van der Waals surface area (Å²) in [5, 5.41) is 0. The molecule has 0 aliphatic rings. The molecule has 0 radical (unpaired) electrons. The van der Waals surface area contributed by atoms with Gasteiger partial charge >= 0.3 is 0 Å². The summed E-state index contributed by atoms with van der Waals surface area (Å²) in [5.74, 6) is 0.184. The van der Waals surface area contributed by atoms with Gasteiger partial charge in [-0.1, -0.05) is 19.1 Å². The van der Waals surface area contributed by atoms with Gasteiger partial charge in [-0.25, -0.2) is 0 Å². The molecule has 0 aliphatic carbocycles. The van der Waals surface area contributed by atoms with Crippen LogP contribution in [0.15, 0.2) is 24.3 Å². The van der Waals surface area contributed by atoms with E-state index in [9.17, 15) is 4.79 Å². The summed E-state index contributed by atoms with van der Waals surface area (Å²) in [6.45, 7) is 6.07. The van der Waals surface area contributed by atoms with Gasteiger partial charge in [0.1, 0.15) is 0 Å². The largest absolute Gasteiger partial charge is 0.380 e. The third kappa shape index (κ3) is 3.86. The van der Waals surface area contributed by atoms with Crippen LogP contribution < -0.4 is 4.90 Å². The number of ketones is 1. The highest BCUT2D eigenvalue weighted by molar-refractivity contribution is 6.01. The Kier molecular flexibility index (Phi) is 5.70. The lowest BCUT2D eigenvalue weighted by atomic mass is 10.1. The lowest BCUT2D eigenvalue weighted by molar-refractivity contribution is 0.0988. The molecule has 0 N–H and O–H groups in total. The second-order valence-corrected chi connectivity index (χ2v) is 3.91. The minimum Gasteiger partial charge on any atom is -0.380 e. The van der Waals surface area contributed by atoms with Crippen molar-refractivity contribution in [3.05, 3.63) is 29.8 Å². The molecule has 17 heavy (non-hydrogen) atoms. The van der Waals surface area contributed by atoms with Crippen LogP contribution in [-0.2, 0) is 4.74 Å². The van der Waals surface area contributed by atoms with Crippen LogP contribution >= 0.6 is 0 Å². The molecule has 0 saturated carbocycles. The van der Waals surface area contributed by atoms with E-state index < -0.39 is 0 Å². The minimum absolute atomic E-state index is 0.184. The Morgan fingerprint density at radius 1 is 1.29 bits per heavy atom. The fraction of sp³-hybridized carbons (Fsp3) is 0.500. The Labute approximate surface area is 103 Å². The molecule has 1 aromatic rings. The molecule has 0 amide bonds. The van der Waals surface area contributed by atoms with E-state index >= 15 is 0 Å². The van der Waals surface area contributed by atoms with Crippen molar-refractivity contribution in [1.29, 1.82) is 0 Å². The van der Waals surface area contributed by atoms with Crippen molar-refractivity contribution in [3.8, 4) is 0 Å². The van der Waals surface area contributed by atoms with Crippen molar-refractivity contribution >= 4 is 11.5 Å². The number of ether oxygens (including phenoxy) is 1. The average Bonchev–Trinajstić information content (AvgIpc) is 2.38. The fourth-order valence-electron chi connectivity index (χ4n) is 1.70. The van der Waals surface area contributed by atoms with E-state index in [0.29, 0.717) is 13.0 Å². The van der Waals surface area contributed by atoms with Gasteiger partial charge in [-0.3, -0.25) is 4.79 Å². The van der Waals surface area contributed by atoms with Crippen LogP contribution in [0.25, 0.3) is 0 Å². The molecular formula is C14H21NO2. The summed E-state index contributed by atoms with van der Waals surface area (Å²) >= 11 is 0. The maximum atomic E-state index is 11.8. The first-order valence-electron chi connectivity index (χ1n) is 6.11. The summed E-state index contributed by atoms with van der Waals surface area (Å²) in [7, 11) is 1.99. The highest BCUT2D eigenvalue weighted by Gasteiger charge is 2.11. The van der Waals surface area contributed by atoms with E-state index in [2.05, 4.69) is 4.90 Å². The Balaban J connectivity index is 2.78. The molecule has 0 heterocycles. The minimum atomic E-state index is 0.184. The number of carbonyl (C=O) groups is 1.